The van der Waals surface area contributed by atoms with E-state index in [1.807, 2.05) is 0 Å². The third-order valence-electron chi connectivity index (χ3n) is 2.18. The third-order valence-corrected chi connectivity index (χ3v) is 3.23. The van der Waals surface area contributed by atoms with Crippen molar-refractivity contribution in [3.05, 3.63) is 21.1 Å². The number of hydrogen-bond acceptors (Lipinski definition) is 0. The van der Waals surface area contributed by atoms with Gasteiger partial charge in [-0.25, -0.2) is 0 Å². The lowest BCUT2D eigenvalue weighted by Gasteiger charge is -2.30. The Labute approximate surface area is 91.4 Å². The summed E-state index contributed by atoms with van der Waals surface area (Å²) in [5.74, 6) is 0.631. The van der Waals surface area contributed by atoms with Crippen molar-refractivity contribution in [2.45, 2.75) is 27.2 Å². The summed E-state index contributed by atoms with van der Waals surface area (Å²) in [4.78, 5) is 0. The van der Waals surface area contributed by atoms with Crippen LogP contribution in [0.5, 0.6) is 0 Å². The second-order valence-corrected chi connectivity index (χ2v) is 6.25. The fourth-order valence-electron chi connectivity index (χ4n) is 1.27. The Balaban J connectivity index is 2.81. The van der Waals surface area contributed by atoms with Gasteiger partial charge in [0.25, 0.3) is 0 Å². The van der Waals surface area contributed by atoms with E-state index < -0.39 is 0 Å². The average molecular weight is 294 g/mol. The maximum absolute atomic E-state index is 3.55. The van der Waals surface area contributed by atoms with Crippen molar-refractivity contribution in [3.63, 3.8) is 0 Å². The predicted octanol–water partition coefficient (Wildman–Crippen LogP) is 4.61. The Bertz CT molecular complexity index is 231. The Morgan fingerprint density at radius 3 is 2.33 bits per heavy atom. The summed E-state index contributed by atoms with van der Waals surface area (Å²) >= 11 is 7.07. The smallest absolute Gasteiger partial charge is 0.0146 e. The molecule has 0 saturated carbocycles. The lowest BCUT2D eigenvalue weighted by atomic mass is 9.77. The molecule has 0 aromatic carbocycles. The molecular weight excluding hydrogens is 280 g/mol. The maximum Gasteiger partial charge on any atom is 0.0146 e. The van der Waals surface area contributed by atoms with E-state index in [4.69, 9.17) is 0 Å². The molecule has 0 aromatic heterocycles. The van der Waals surface area contributed by atoms with Crippen molar-refractivity contribution in [1.82, 2.24) is 0 Å². The Morgan fingerprint density at radius 2 is 1.92 bits per heavy atom. The SMILES string of the molecule is CC(C)(C)C1C=C(Br)C=C(Br)C1. The fourth-order valence-corrected chi connectivity index (χ4v) is 2.77. The van der Waals surface area contributed by atoms with Gasteiger partial charge in [0.2, 0.25) is 0 Å². The molecule has 1 unspecified atom stereocenters. The molecule has 0 radical (unpaired) electrons. The van der Waals surface area contributed by atoms with Gasteiger partial charge in [-0.1, -0.05) is 58.7 Å². The molecule has 0 bridgehead atoms. The van der Waals surface area contributed by atoms with E-state index in [1.165, 1.54) is 8.96 Å². The summed E-state index contributed by atoms with van der Waals surface area (Å²) in [7, 11) is 0. The normalized spacial score (nSPS) is 24.9. The molecule has 68 valence electrons. The summed E-state index contributed by atoms with van der Waals surface area (Å²) in [6, 6.07) is 0. The molecule has 0 fully saturated rings. The van der Waals surface area contributed by atoms with Crippen LogP contribution >= 0.6 is 31.9 Å². The first-order chi connectivity index (χ1) is 5.39. The van der Waals surface area contributed by atoms with E-state index in [9.17, 15) is 0 Å². The fraction of sp³-hybridized carbons (Fsp3) is 0.600. The monoisotopic (exact) mass is 292 g/mol. The van der Waals surface area contributed by atoms with Crippen LogP contribution in [0, 0.1) is 11.3 Å². The quantitative estimate of drug-likeness (QED) is 0.612. The van der Waals surface area contributed by atoms with Crippen LogP contribution in [0.3, 0.4) is 0 Å². The van der Waals surface area contributed by atoms with Crippen molar-refractivity contribution in [2.24, 2.45) is 11.3 Å². The number of halogens is 2. The van der Waals surface area contributed by atoms with Crippen molar-refractivity contribution in [2.75, 3.05) is 0 Å². The van der Waals surface area contributed by atoms with E-state index in [1.54, 1.807) is 0 Å². The number of rotatable bonds is 0. The first-order valence-electron chi connectivity index (χ1n) is 4.13. The zero-order chi connectivity index (χ0) is 9.35. The van der Waals surface area contributed by atoms with E-state index >= 15 is 0 Å². The third kappa shape index (κ3) is 2.74. The minimum absolute atomic E-state index is 0.353. The predicted molar refractivity (Wildman–Crippen MR) is 61.6 cm³/mol. The molecule has 0 nitrogen and oxygen atoms in total. The molecule has 0 spiro atoms. The van der Waals surface area contributed by atoms with E-state index in [2.05, 4.69) is 64.8 Å². The molecule has 12 heavy (non-hydrogen) atoms. The summed E-state index contributed by atoms with van der Waals surface area (Å²) in [6.07, 6.45) is 5.55. The van der Waals surface area contributed by atoms with Gasteiger partial charge < -0.3 is 0 Å². The summed E-state index contributed by atoms with van der Waals surface area (Å²) < 4.78 is 2.48. The summed E-state index contributed by atoms with van der Waals surface area (Å²) in [5, 5.41) is 0. The van der Waals surface area contributed by atoms with Gasteiger partial charge in [0.15, 0.2) is 0 Å². The number of hydrogen-bond donors (Lipinski definition) is 0. The molecule has 1 atom stereocenters. The zero-order valence-electron chi connectivity index (χ0n) is 7.70. The molecule has 2 heteroatoms. The Kier molecular flexibility index (Phi) is 3.21. The van der Waals surface area contributed by atoms with Crippen LogP contribution in [0.1, 0.15) is 27.2 Å². The van der Waals surface area contributed by atoms with Gasteiger partial charge in [-0.15, -0.1) is 0 Å². The average Bonchev–Trinajstić information content (AvgIpc) is 1.82. The highest BCUT2D eigenvalue weighted by Crippen LogP contribution is 2.39. The van der Waals surface area contributed by atoms with E-state index in [0.29, 0.717) is 11.3 Å². The molecule has 0 aromatic rings. The van der Waals surface area contributed by atoms with Gasteiger partial charge in [-0.2, -0.15) is 0 Å². The first kappa shape index (κ1) is 10.5. The molecule has 1 aliphatic rings. The number of allylic oxidation sites excluding steroid dienone is 4. The molecule has 0 saturated heterocycles. The van der Waals surface area contributed by atoms with Gasteiger partial charge in [-0.05, 0) is 28.3 Å². The topological polar surface area (TPSA) is 0 Å². The van der Waals surface area contributed by atoms with Crippen LogP contribution in [-0.4, -0.2) is 0 Å². The van der Waals surface area contributed by atoms with Crippen LogP contribution in [0.4, 0.5) is 0 Å². The van der Waals surface area contributed by atoms with Gasteiger partial charge in [0, 0.05) is 4.48 Å². The van der Waals surface area contributed by atoms with Crippen molar-refractivity contribution < 1.29 is 0 Å². The minimum atomic E-state index is 0.353. The second-order valence-electron chi connectivity index (χ2n) is 4.32. The Hall–Kier alpha value is 0.440. The van der Waals surface area contributed by atoms with Crippen molar-refractivity contribution >= 4 is 31.9 Å². The lowest BCUT2D eigenvalue weighted by Crippen LogP contribution is -2.19. The molecule has 1 rings (SSSR count). The highest BCUT2D eigenvalue weighted by Gasteiger charge is 2.25. The molecular formula is C10H14Br2. The molecule has 0 N–H and O–H groups in total. The highest BCUT2D eigenvalue weighted by molar-refractivity contribution is 9.12. The van der Waals surface area contributed by atoms with Gasteiger partial charge in [0.05, 0.1) is 0 Å². The first-order valence-corrected chi connectivity index (χ1v) is 5.71. The van der Waals surface area contributed by atoms with Gasteiger partial charge >= 0.3 is 0 Å². The Morgan fingerprint density at radius 1 is 1.33 bits per heavy atom. The largest absolute Gasteiger partial charge is 0.0662 e. The van der Waals surface area contributed by atoms with Gasteiger partial charge in [-0.3, -0.25) is 0 Å². The molecule has 0 amide bonds. The lowest BCUT2D eigenvalue weighted by molar-refractivity contribution is 0.292. The minimum Gasteiger partial charge on any atom is -0.0662 e. The zero-order valence-corrected chi connectivity index (χ0v) is 10.9. The van der Waals surface area contributed by atoms with E-state index in [-0.39, 0.29) is 0 Å². The van der Waals surface area contributed by atoms with Crippen LogP contribution in [0.2, 0.25) is 0 Å². The van der Waals surface area contributed by atoms with Crippen molar-refractivity contribution in [3.8, 4) is 0 Å². The van der Waals surface area contributed by atoms with Crippen LogP contribution < -0.4 is 0 Å². The van der Waals surface area contributed by atoms with Crippen LogP contribution in [-0.2, 0) is 0 Å². The van der Waals surface area contributed by atoms with Gasteiger partial charge in [0.1, 0.15) is 0 Å². The molecule has 0 heterocycles. The molecule has 1 aliphatic carbocycles. The standard InChI is InChI=1S/C10H14Br2/c1-10(2,3)7-4-8(11)6-9(12)5-7/h4,6-7H,5H2,1-3H3. The van der Waals surface area contributed by atoms with Crippen LogP contribution in [0.25, 0.3) is 0 Å². The highest BCUT2D eigenvalue weighted by atomic mass is 79.9. The maximum atomic E-state index is 3.55. The second kappa shape index (κ2) is 3.67. The summed E-state index contributed by atoms with van der Waals surface area (Å²) in [6.45, 7) is 6.83. The van der Waals surface area contributed by atoms with Crippen LogP contribution in [0.15, 0.2) is 21.1 Å². The van der Waals surface area contributed by atoms with E-state index in [0.717, 1.165) is 6.42 Å². The molecule has 0 aliphatic heterocycles. The van der Waals surface area contributed by atoms with Crippen molar-refractivity contribution in [1.29, 1.82) is 0 Å². The summed E-state index contributed by atoms with van der Waals surface area (Å²) in [5.41, 5.74) is 0.353.